The fourth-order valence-electron chi connectivity index (χ4n) is 4.11. The number of anilines is 1. The van der Waals surface area contributed by atoms with E-state index < -0.39 is 30.1 Å². The molecule has 3 heterocycles. The number of hydrogen-bond donors (Lipinski definition) is 2. The Bertz CT molecular complexity index is 936. The van der Waals surface area contributed by atoms with Crippen LogP contribution in [-0.4, -0.2) is 45.8 Å². The van der Waals surface area contributed by atoms with E-state index in [1.54, 1.807) is 30.3 Å². The lowest BCUT2D eigenvalue weighted by molar-refractivity contribution is -0.173. The second-order valence-corrected chi connectivity index (χ2v) is 7.73. The summed E-state index contributed by atoms with van der Waals surface area (Å²) in [5, 5.41) is 7.09. The van der Waals surface area contributed by atoms with Crippen molar-refractivity contribution in [2.24, 2.45) is 11.7 Å². The average Bonchev–Trinajstić information content (AvgIpc) is 3.16. The summed E-state index contributed by atoms with van der Waals surface area (Å²) in [5.74, 6) is -0.970. The third-order valence-electron chi connectivity index (χ3n) is 5.80. The lowest BCUT2D eigenvalue weighted by Crippen LogP contribution is -2.42. The second-order valence-electron chi connectivity index (χ2n) is 7.73. The van der Waals surface area contributed by atoms with E-state index in [0.717, 1.165) is 10.2 Å². The summed E-state index contributed by atoms with van der Waals surface area (Å²) in [6, 6.07) is 7.88. The number of halogens is 3. The van der Waals surface area contributed by atoms with Crippen LogP contribution in [0.2, 0.25) is 0 Å². The quantitative estimate of drug-likeness (QED) is 0.797. The number of primary amides is 1. The van der Waals surface area contributed by atoms with Gasteiger partial charge in [0.1, 0.15) is 5.82 Å². The summed E-state index contributed by atoms with van der Waals surface area (Å²) in [4.78, 5) is 25.6. The SMILES string of the molecule is NC(=O)C1CCN(C(=O)c2cc3n(n2)C(C(F)(F)F)CC(c2ccccc2)N3)CC1. The van der Waals surface area contributed by atoms with Crippen molar-refractivity contribution in [3.63, 3.8) is 0 Å². The molecule has 0 spiro atoms. The van der Waals surface area contributed by atoms with Crippen molar-refractivity contribution in [3.8, 4) is 0 Å². The van der Waals surface area contributed by atoms with Crippen LogP contribution in [0.1, 0.15) is 47.4 Å². The van der Waals surface area contributed by atoms with Crippen LogP contribution in [0.5, 0.6) is 0 Å². The molecule has 2 aliphatic rings. The number of likely N-dealkylation sites (tertiary alicyclic amines) is 1. The van der Waals surface area contributed by atoms with E-state index in [1.165, 1.54) is 11.0 Å². The molecular weight excluding hydrogens is 399 g/mol. The zero-order valence-electron chi connectivity index (χ0n) is 16.1. The maximum absolute atomic E-state index is 13.8. The molecule has 2 aromatic rings. The van der Waals surface area contributed by atoms with Gasteiger partial charge in [-0.3, -0.25) is 9.59 Å². The zero-order chi connectivity index (χ0) is 21.5. The van der Waals surface area contributed by atoms with Crippen molar-refractivity contribution in [1.29, 1.82) is 0 Å². The Morgan fingerprint density at radius 3 is 2.40 bits per heavy atom. The van der Waals surface area contributed by atoms with Gasteiger partial charge in [-0.25, -0.2) is 4.68 Å². The number of nitrogens with two attached hydrogens (primary N) is 1. The number of alkyl halides is 3. The van der Waals surface area contributed by atoms with Crippen LogP contribution in [0.15, 0.2) is 36.4 Å². The molecule has 7 nitrogen and oxygen atoms in total. The number of nitrogens with zero attached hydrogens (tertiary/aromatic N) is 3. The van der Waals surface area contributed by atoms with E-state index in [-0.39, 0.29) is 23.9 Å². The second kappa shape index (κ2) is 7.66. The molecule has 2 atom stereocenters. The molecule has 0 radical (unpaired) electrons. The first kappa shape index (κ1) is 20.2. The molecule has 10 heteroatoms. The monoisotopic (exact) mass is 421 g/mol. The Morgan fingerprint density at radius 1 is 1.13 bits per heavy atom. The van der Waals surface area contributed by atoms with Gasteiger partial charge in [0.15, 0.2) is 11.7 Å². The van der Waals surface area contributed by atoms with Crippen molar-refractivity contribution in [2.45, 2.75) is 37.5 Å². The maximum atomic E-state index is 13.8. The van der Waals surface area contributed by atoms with Gasteiger partial charge in [-0.1, -0.05) is 30.3 Å². The third-order valence-corrected chi connectivity index (χ3v) is 5.80. The molecule has 160 valence electrons. The standard InChI is InChI=1S/C20H22F3N5O2/c21-20(22,23)16-10-14(12-4-2-1-3-5-12)25-17-11-15(26-28(16)17)19(30)27-8-6-13(7-9-27)18(24)29/h1-5,11,13-14,16,25H,6-10H2,(H2,24,29). The maximum Gasteiger partial charge on any atom is 0.410 e. The van der Waals surface area contributed by atoms with Gasteiger partial charge in [-0.15, -0.1) is 0 Å². The highest BCUT2D eigenvalue weighted by molar-refractivity contribution is 5.93. The highest BCUT2D eigenvalue weighted by Crippen LogP contribution is 2.43. The van der Waals surface area contributed by atoms with Crippen molar-refractivity contribution >= 4 is 17.6 Å². The molecule has 3 N–H and O–H groups in total. The molecule has 1 fully saturated rings. The number of hydrogen-bond acceptors (Lipinski definition) is 4. The van der Waals surface area contributed by atoms with Gasteiger partial charge in [-0.05, 0) is 18.4 Å². The van der Waals surface area contributed by atoms with Gasteiger partial charge < -0.3 is 16.0 Å². The fourth-order valence-corrected chi connectivity index (χ4v) is 4.11. The smallest absolute Gasteiger partial charge is 0.369 e. The number of aromatic nitrogens is 2. The van der Waals surface area contributed by atoms with Gasteiger partial charge >= 0.3 is 6.18 Å². The zero-order valence-corrected chi connectivity index (χ0v) is 16.1. The van der Waals surface area contributed by atoms with Gasteiger partial charge in [0.2, 0.25) is 5.91 Å². The first-order valence-electron chi connectivity index (χ1n) is 9.80. The topological polar surface area (TPSA) is 93.3 Å². The normalized spacial score (nSPS) is 22.3. The Hall–Kier alpha value is -3.04. The van der Waals surface area contributed by atoms with E-state index in [1.807, 2.05) is 0 Å². The summed E-state index contributed by atoms with van der Waals surface area (Å²) in [6.07, 6.45) is -3.85. The van der Waals surface area contributed by atoms with E-state index in [4.69, 9.17) is 5.73 Å². The molecule has 0 aliphatic carbocycles. The number of carbonyl (C=O) groups is 2. The number of carbonyl (C=O) groups excluding carboxylic acids is 2. The van der Waals surface area contributed by atoms with E-state index in [2.05, 4.69) is 10.4 Å². The number of nitrogens with one attached hydrogen (secondary N) is 1. The molecule has 0 saturated carbocycles. The third kappa shape index (κ3) is 3.86. The summed E-state index contributed by atoms with van der Waals surface area (Å²) in [5.41, 5.74) is 6.00. The lowest BCUT2D eigenvalue weighted by atomic mass is 9.96. The van der Waals surface area contributed by atoms with E-state index in [0.29, 0.717) is 25.9 Å². The Labute approximate surface area is 171 Å². The van der Waals surface area contributed by atoms with Crippen LogP contribution < -0.4 is 11.1 Å². The highest BCUT2D eigenvalue weighted by atomic mass is 19.4. The number of amides is 2. The molecule has 4 rings (SSSR count). The van der Waals surface area contributed by atoms with Crippen LogP contribution in [0.25, 0.3) is 0 Å². The fraction of sp³-hybridized carbons (Fsp3) is 0.450. The van der Waals surface area contributed by atoms with Crippen LogP contribution in [0, 0.1) is 5.92 Å². The van der Waals surface area contributed by atoms with Crippen LogP contribution >= 0.6 is 0 Å². The van der Waals surface area contributed by atoms with Crippen molar-refractivity contribution < 1.29 is 22.8 Å². The molecule has 2 amide bonds. The molecule has 1 aromatic carbocycles. The van der Waals surface area contributed by atoms with Crippen molar-refractivity contribution in [1.82, 2.24) is 14.7 Å². The summed E-state index contributed by atoms with van der Waals surface area (Å²) >= 11 is 0. The minimum Gasteiger partial charge on any atom is -0.369 e. The van der Waals surface area contributed by atoms with Crippen LogP contribution in [0.4, 0.5) is 19.0 Å². The Morgan fingerprint density at radius 2 is 1.80 bits per heavy atom. The largest absolute Gasteiger partial charge is 0.410 e. The summed E-state index contributed by atoms with van der Waals surface area (Å²) in [6.45, 7) is 0.634. The van der Waals surface area contributed by atoms with E-state index in [9.17, 15) is 22.8 Å². The van der Waals surface area contributed by atoms with Crippen LogP contribution in [0.3, 0.4) is 0 Å². The van der Waals surface area contributed by atoms with Crippen molar-refractivity contribution in [2.75, 3.05) is 18.4 Å². The van der Waals surface area contributed by atoms with Crippen molar-refractivity contribution in [3.05, 3.63) is 47.7 Å². The number of benzene rings is 1. The van der Waals surface area contributed by atoms with E-state index >= 15 is 0 Å². The molecule has 1 saturated heterocycles. The molecule has 0 bridgehead atoms. The number of fused-ring (bicyclic) bond motifs is 1. The van der Waals surface area contributed by atoms with Gasteiger partial charge in [0.25, 0.3) is 5.91 Å². The molecule has 1 aromatic heterocycles. The summed E-state index contributed by atoms with van der Waals surface area (Å²) in [7, 11) is 0. The molecule has 2 unspecified atom stereocenters. The lowest BCUT2D eigenvalue weighted by Gasteiger charge is -2.33. The van der Waals surface area contributed by atoms with Gasteiger partial charge in [0, 0.05) is 31.5 Å². The van der Waals surface area contributed by atoms with Crippen LogP contribution in [-0.2, 0) is 4.79 Å². The number of piperidine rings is 1. The minimum absolute atomic E-state index is 0.0435. The van der Waals surface area contributed by atoms with Gasteiger partial charge in [-0.2, -0.15) is 18.3 Å². The predicted octanol–water partition coefficient (Wildman–Crippen LogP) is 2.88. The highest BCUT2D eigenvalue weighted by Gasteiger charge is 2.47. The first-order valence-corrected chi connectivity index (χ1v) is 9.80. The summed E-state index contributed by atoms with van der Waals surface area (Å²) < 4.78 is 42.2. The average molecular weight is 421 g/mol. The Balaban J connectivity index is 1.58. The molecule has 2 aliphatic heterocycles. The number of rotatable bonds is 3. The van der Waals surface area contributed by atoms with Gasteiger partial charge in [0.05, 0.1) is 6.04 Å². The molecular formula is C20H22F3N5O2. The Kier molecular flexibility index (Phi) is 5.17. The first-order chi connectivity index (χ1) is 14.2. The predicted molar refractivity (Wildman–Crippen MR) is 103 cm³/mol. The molecule has 30 heavy (non-hydrogen) atoms. The minimum atomic E-state index is -4.50.